The van der Waals surface area contributed by atoms with E-state index in [1.54, 1.807) is 11.8 Å². The summed E-state index contributed by atoms with van der Waals surface area (Å²) in [6.45, 7) is 1.68. The predicted molar refractivity (Wildman–Crippen MR) is 146 cm³/mol. The van der Waals surface area contributed by atoms with Crippen molar-refractivity contribution in [3.05, 3.63) is 35.9 Å². The summed E-state index contributed by atoms with van der Waals surface area (Å²) < 4.78 is 5.54. The van der Waals surface area contributed by atoms with E-state index in [1.807, 2.05) is 43.5 Å². The third-order valence-electron chi connectivity index (χ3n) is 8.90. The second kappa shape index (κ2) is 11.8. The van der Waals surface area contributed by atoms with Crippen molar-refractivity contribution in [3.8, 4) is 0 Å². The van der Waals surface area contributed by atoms with Crippen LogP contribution in [-0.4, -0.2) is 59.9 Å². The second-order valence-electron chi connectivity index (χ2n) is 11.5. The van der Waals surface area contributed by atoms with Crippen LogP contribution in [0.3, 0.4) is 0 Å². The molecule has 4 aliphatic carbocycles. The number of hydrogen-bond donors (Lipinski definition) is 4. The fourth-order valence-corrected chi connectivity index (χ4v) is 7.54. The Labute approximate surface area is 228 Å². The van der Waals surface area contributed by atoms with E-state index in [0.29, 0.717) is 31.1 Å². The topological polar surface area (TPSA) is 154 Å². The van der Waals surface area contributed by atoms with Crippen molar-refractivity contribution in [2.75, 3.05) is 18.6 Å². The van der Waals surface area contributed by atoms with E-state index in [2.05, 4.69) is 10.6 Å². The Morgan fingerprint density at radius 1 is 1.11 bits per heavy atom. The highest BCUT2D eigenvalue weighted by molar-refractivity contribution is 7.98. The minimum atomic E-state index is -1.09. The summed E-state index contributed by atoms with van der Waals surface area (Å²) in [4.78, 5) is 51.8. The standard InChI is InChI=1S/C28H40N4O5S/c1-17-27(12-19-10-20(13-27)15-28(17,30)14-19)26(36)37-25(35)22(11-18-6-4-3-5-7-18)32-23(33)16-31-24(34)21(29)8-9-38-2/h3-7,17,19-22H,8-16,29-30H2,1-2H3,(H,31,34)(H,32,33)/t17?,19?,20?,21-,22+,27?,28?/m1/s1. The molecule has 3 unspecified atom stereocenters. The van der Waals surface area contributed by atoms with Gasteiger partial charge in [0.2, 0.25) is 11.8 Å². The molecule has 9 nitrogen and oxygen atoms in total. The normalized spacial score (nSPS) is 30.8. The number of carbonyl (C=O) groups excluding carboxylic acids is 4. The summed E-state index contributed by atoms with van der Waals surface area (Å²) in [5, 5.41) is 5.17. The summed E-state index contributed by atoms with van der Waals surface area (Å²) >= 11 is 1.58. The van der Waals surface area contributed by atoms with Crippen LogP contribution in [0.4, 0.5) is 0 Å². The first-order valence-corrected chi connectivity index (χ1v) is 14.9. The second-order valence-corrected chi connectivity index (χ2v) is 12.5. The quantitative estimate of drug-likeness (QED) is 0.242. The maximum absolute atomic E-state index is 13.6. The molecule has 0 aliphatic heterocycles. The Kier molecular flexibility index (Phi) is 8.84. The summed E-state index contributed by atoms with van der Waals surface area (Å²) in [7, 11) is 0. The smallest absolute Gasteiger partial charge is 0.336 e. The molecule has 5 rings (SSSR count). The van der Waals surface area contributed by atoms with Crippen LogP contribution >= 0.6 is 11.8 Å². The van der Waals surface area contributed by atoms with Crippen LogP contribution in [0, 0.1) is 23.2 Å². The van der Waals surface area contributed by atoms with Gasteiger partial charge in [0.05, 0.1) is 18.0 Å². The van der Waals surface area contributed by atoms with E-state index >= 15 is 0 Å². The lowest BCUT2D eigenvalue weighted by Gasteiger charge is -2.63. The van der Waals surface area contributed by atoms with Crippen molar-refractivity contribution in [1.82, 2.24) is 10.6 Å². The molecule has 4 aliphatic rings. The molecule has 0 radical (unpaired) electrons. The summed E-state index contributed by atoms with van der Waals surface area (Å²) in [6.07, 6.45) is 6.84. The Hall–Kier alpha value is -2.43. The van der Waals surface area contributed by atoms with E-state index in [4.69, 9.17) is 16.2 Å². The van der Waals surface area contributed by atoms with Crippen molar-refractivity contribution in [2.24, 2.45) is 34.6 Å². The van der Waals surface area contributed by atoms with Crippen LogP contribution in [0.25, 0.3) is 0 Å². The van der Waals surface area contributed by atoms with Gasteiger partial charge in [0.25, 0.3) is 0 Å². The summed E-state index contributed by atoms with van der Waals surface area (Å²) in [5.74, 6) is -0.941. The number of thioether (sulfide) groups is 1. The summed E-state index contributed by atoms with van der Waals surface area (Å²) in [6, 6.07) is 7.38. The van der Waals surface area contributed by atoms with Crippen LogP contribution in [0.15, 0.2) is 30.3 Å². The molecule has 10 heteroatoms. The number of nitrogens with two attached hydrogens (primary N) is 2. The van der Waals surface area contributed by atoms with Gasteiger partial charge in [-0.2, -0.15) is 11.8 Å². The van der Waals surface area contributed by atoms with E-state index in [0.717, 1.165) is 30.6 Å². The lowest BCUT2D eigenvalue weighted by molar-refractivity contribution is -0.190. The van der Waals surface area contributed by atoms with Gasteiger partial charge in [-0.15, -0.1) is 0 Å². The number of ether oxygens (including phenoxy) is 1. The molecule has 1 aromatic carbocycles. The average molecular weight is 545 g/mol. The molecule has 4 fully saturated rings. The molecule has 0 saturated heterocycles. The lowest BCUT2D eigenvalue weighted by Crippen LogP contribution is -2.68. The monoisotopic (exact) mass is 544 g/mol. The van der Waals surface area contributed by atoms with Crippen LogP contribution in [0.1, 0.15) is 51.0 Å². The fourth-order valence-electron chi connectivity index (χ4n) is 7.05. The first kappa shape index (κ1) is 28.6. The van der Waals surface area contributed by atoms with Crippen LogP contribution < -0.4 is 22.1 Å². The number of rotatable bonds is 11. The Morgan fingerprint density at radius 2 is 1.76 bits per heavy atom. The van der Waals surface area contributed by atoms with E-state index in [1.165, 1.54) is 0 Å². The zero-order valence-corrected chi connectivity index (χ0v) is 23.1. The lowest BCUT2D eigenvalue weighted by atomic mass is 9.43. The molecular weight excluding hydrogens is 504 g/mol. The predicted octanol–water partition coefficient (Wildman–Crippen LogP) is 1.52. The van der Waals surface area contributed by atoms with Gasteiger partial charge < -0.3 is 26.8 Å². The Bertz CT molecular complexity index is 1040. The van der Waals surface area contributed by atoms with Crippen LogP contribution in [0.5, 0.6) is 0 Å². The minimum absolute atomic E-state index is 0.0872. The molecule has 0 spiro atoms. The first-order valence-electron chi connectivity index (χ1n) is 13.5. The Morgan fingerprint density at radius 3 is 2.39 bits per heavy atom. The Balaban J connectivity index is 1.42. The van der Waals surface area contributed by atoms with Gasteiger partial charge in [-0.05, 0) is 73.9 Å². The van der Waals surface area contributed by atoms with E-state index in [9.17, 15) is 19.2 Å². The molecule has 6 N–H and O–H groups in total. The number of esters is 2. The molecule has 0 aromatic heterocycles. The molecule has 4 bridgehead atoms. The largest absolute Gasteiger partial charge is 0.391 e. The minimum Gasteiger partial charge on any atom is -0.391 e. The molecule has 0 heterocycles. The fraction of sp³-hybridized carbons (Fsp3) is 0.643. The molecule has 208 valence electrons. The highest BCUT2D eigenvalue weighted by Crippen LogP contribution is 2.63. The van der Waals surface area contributed by atoms with Gasteiger partial charge in [0, 0.05) is 12.0 Å². The van der Waals surface area contributed by atoms with Crippen molar-refractivity contribution < 1.29 is 23.9 Å². The van der Waals surface area contributed by atoms with Crippen LogP contribution in [-0.2, 0) is 30.3 Å². The molecule has 4 saturated carbocycles. The van der Waals surface area contributed by atoms with Gasteiger partial charge in [-0.3, -0.25) is 14.4 Å². The van der Waals surface area contributed by atoms with Gasteiger partial charge in [-0.1, -0.05) is 37.3 Å². The molecule has 5 atom stereocenters. The first-order chi connectivity index (χ1) is 18.1. The van der Waals surface area contributed by atoms with Gasteiger partial charge in [-0.25, -0.2) is 4.79 Å². The van der Waals surface area contributed by atoms with Crippen LogP contribution in [0.2, 0.25) is 0 Å². The molecule has 1 aromatic rings. The number of amides is 2. The molecular formula is C28H40N4O5S. The van der Waals surface area contributed by atoms with Gasteiger partial charge in [0.15, 0.2) is 0 Å². The van der Waals surface area contributed by atoms with E-state index < -0.39 is 46.8 Å². The third-order valence-corrected chi connectivity index (χ3v) is 9.54. The highest BCUT2D eigenvalue weighted by Gasteiger charge is 2.64. The molecule has 2 amide bonds. The highest BCUT2D eigenvalue weighted by atomic mass is 32.2. The average Bonchev–Trinajstić information content (AvgIpc) is 2.88. The van der Waals surface area contributed by atoms with Crippen molar-refractivity contribution >= 4 is 35.5 Å². The third kappa shape index (κ3) is 6.07. The van der Waals surface area contributed by atoms with Gasteiger partial charge >= 0.3 is 11.9 Å². The number of nitrogens with one attached hydrogen (secondary N) is 2. The zero-order valence-electron chi connectivity index (χ0n) is 22.2. The van der Waals surface area contributed by atoms with Crippen molar-refractivity contribution in [2.45, 2.75) is 69.5 Å². The SMILES string of the molecule is CSCC[C@@H](N)C(=O)NCC(=O)N[C@@H](Cc1ccccc1)C(=O)OC(=O)C12CC3CC(CC(N)(C3)C1C)C2. The molecule has 38 heavy (non-hydrogen) atoms. The van der Waals surface area contributed by atoms with Crippen molar-refractivity contribution in [3.63, 3.8) is 0 Å². The zero-order chi connectivity index (χ0) is 27.5. The van der Waals surface area contributed by atoms with Crippen molar-refractivity contribution in [1.29, 1.82) is 0 Å². The number of benzene rings is 1. The number of hydrogen-bond acceptors (Lipinski definition) is 8. The van der Waals surface area contributed by atoms with E-state index in [-0.39, 0.29) is 18.9 Å². The number of carbonyl (C=O) groups is 4. The maximum atomic E-state index is 13.6. The maximum Gasteiger partial charge on any atom is 0.336 e. The van der Waals surface area contributed by atoms with Gasteiger partial charge in [0.1, 0.15) is 6.04 Å². The summed E-state index contributed by atoms with van der Waals surface area (Å²) in [5.41, 5.74) is 12.2.